The average molecular weight is 235 g/mol. The maximum atomic E-state index is 11.4. The van der Waals surface area contributed by atoms with Gasteiger partial charge < -0.3 is 15.8 Å². The number of esters is 1. The van der Waals surface area contributed by atoms with E-state index >= 15 is 0 Å². The summed E-state index contributed by atoms with van der Waals surface area (Å²) in [6.45, 7) is 3.04. The fraction of sp³-hybridized carbons (Fsp3) is 0.500. The van der Waals surface area contributed by atoms with Gasteiger partial charge >= 0.3 is 5.97 Å². The minimum Gasteiger partial charge on any atom is -0.465 e. The lowest BCUT2D eigenvalue weighted by Crippen LogP contribution is -2.15. The molecule has 0 amide bonds. The zero-order valence-corrected chi connectivity index (χ0v) is 10.1. The van der Waals surface area contributed by atoms with Crippen LogP contribution in [0.15, 0.2) is 12.3 Å². The quantitative estimate of drug-likeness (QED) is 0.776. The lowest BCUT2D eigenvalue weighted by molar-refractivity contribution is 0.0602. The number of rotatable bonds is 4. The SMILES string of the molecule is COC(=O)c1ccnc(NCC2(C)CC2)c1N. The fourth-order valence-electron chi connectivity index (χ4n) is 1.59. The number of nitrogens with one attached hydrogen (secondary N) is 1. The number of nitrogen functional groups attached to an aromatic ring is 1. The summed E-state index contributed by atoms with van der Waals surface area (Å²) in [7, 11) is 1.33. The van der Waals surface area contributed by atoms with Crippen LogP contribution in [0.3, 0.4) is 0 Å². The van der Waals surface area contributed by atoms with Crippen molar-refractivity contribution in [2.24, 2.45) is 5.41 Å². The summed E-state index contributed by atoms with van der Waals surface area (Å²) >= 11 is 0. The van der Waals surface area contributed by atoms with Crippen LogP contribution in [0.5, 0.6) is 0 Å². The van der Waals surface area contributed by atoms with Gasteiger partial charge in [0.25, 0.3) is 0 Å². The van der Waals surface area contributed by atoms with Crippen LogP contribution in [0.25, 0.3) is 0 Å². The van der Waals surface area contributed by atoms with Gasteiger partial charge in [0.1, 0.15) is 5.82 Å². The Morgan fingerprint density at radius 2 is 2.35 bits per heavy atom. The van der Waals surface area contributed by atoms with Crippen molar-refractivity contribution in [3.63, 3.8) is 0 Å². The normalized spacial score (nSPS) is 16.4. The molecule has 0 radical (unpaired) electrons. The number of carbonyl (C=O) groups excluding carboxylic acids is 1. The van der Waals surface area contributed by atoms with Crippen molar-refractivity contribution in [1.82, 2.24) is 4.98 Å². The molecule has 17 heavy (non-hydrogen) atoms. The van der Waals surface area contributed by atoms with Crippen molar-refractivity contribution in [3.05, 3.63) is 17.8 Å². The second-order valence-electron chi connectivity index (χ2n) is 4.78. The first-order chi connectivity index (χ1) is 8.06. The first-order valence-corrected chi connectivity index (χ1v) is 5.62. The van der Waals surface area contributed by atoms with Crippen molar-refractivity contribution in [2.75, 3.05) is 24.7 Å². The molecule has 5 nitrogen and oxygen atoms in total. The molecule has 3 N–H and O–H groups in total. The predicted molar refractivity (Wildman–Crippen MR) is 65.8 cm³/mol. The molecule has 1 aliphatic rings. The van der Waals surface area contributed by atoms with Crippen LogP contribution in [0, 0.1) is 5.41 Å². The zero-order valence-electron chi connectivity index (χ0n) is 10.1. The second kappa shape index (κ2) is 4.24. The molecule has 1 heterocycles. The van der Waals surface area contributed by atoms with E-state index in [1.54, 1.807) is 12.3 Å². The molecule has 0 aliphatic heterocycles. The third kappa shape index (κ3) is 2.49. The van der Waals surface area contributed by atoms with Crippen LogP contribution in [0.4, 0.5) is 11.5 Å². The molecule has 0 bridgehead atoms. The Morgan fingerprint density at radius 1 is 1.65 bits per heavy atom. The van der Waals surface area contributed by atoms with E-state index in [0.717, 1.165) is 6.54 Å². The Balaban J connectivity index is 2.14. The Labute approximate surface area is 100 Å². The zero-order chi connectivity index (χ0) is 12.5. The molecule has 0 atom stereocenters. The molecule has 1 fully saturated rings. The first-order valence-electron chi connectivity index (χ1n) is 5.62. The largest absolute Gasteiger partial charge is 0.465 e. The fourth-order valence-corrected chi connectivity index (χ4v) is 1.59. The highest BCUT2D eigenvalue weighted by atomic mass is 16.5. The molecular weight excluding hydrogens is 218 g/mol. The van der Waals surface area contributed by atoms with Gasteiger partial charge in [-0.3, -0.25) is 0 Å². The molecule has 92 valence electrons. The Morgan fingerprint density at radius 3 is 2.94 bits per heavy atom. The van der Waals surface area contributed by atoms with Crippen molar-refractivity contribution in [2.45, 2.75) is 19.8 Å². The van der Waals surface area contributed by atoms with Gasteiger partial charge in [0, 0.05) is 12.7 Å². The molecule has 1 saturated carbocycles. The van der Waals surface area contributed by atoms with Crippen LogP contribution in [0.1, 0.15) is 30.1 Å². The van der Waals surface area contributed by atoms with Gasteiger partial charge in [0.2, 0.25) is 0 Å². The van der Waals surface area contributed by atoms with E-state index in [1.807, 2.05) is 0 Å². The van der Waals surface area contributed by atoms with Crippen molar-refractivity contribution >= 4 is 17.5 Å². The summed E-state index contributed by atoms with van der Waals surface area (Å²) in [5.74, 6) is 0.117. The third-order valence-electron chi connectivity index (χ3n) is 3.18. The van der Waals surface area contributed by atoms with Gasteiger partial charge in [-0.25, -0.2) is 9.78 Å². The summed E-state index contributed by atoms with van der Waals surface area (Å²) < 4.78 is 4.66. The van der Waals surface area contributed by atoms with E-state index in [1.165, 1.54) is 20.0 Å². The molecule has 0 saturated heterocycles. The maximum absolute atomic E-state index is 11.4. The standard InChI is InChI=1S/C12H17N3O2/c1-12(4-5-12)7-15-10-9(13)8(3-6-14-10)11(16)17-2/h3,6H,4-5,7,13H2,1-2H3,(H,14,15). The predicted octanol–water partition coefficient (Wildman–Crippen LogP) is 1.66. The molecule has 0 spiro atoms. The maximum Gasteiger partial charge on any atom is 0.340 e. The van der Waals surface area contributed by atoms with Crippen LogP contribution in [-0.2, 0) is 4.74 Å². The Bertz CT molecular complexity index is 441. The van der Waals surface area contributed by atoms with Crippen LogP contribution >= 0.6 is 0 Å². The lowest BCUT2D eigenvalue weighted by Gasteiger charge is -2.13. The number of hydrogen-bond donors (Lipinski definition) is 2. The summed E-state index contributed by atoms with van der Waals surface area (Å²) in [6, 6.07) is 1.56. The first kappa shape index (κ1) is 11.7. The summed E-state index contributed by atoms with van der Waals surface area (Å²) in [5.41, 5.74) is 6.94. The molecule has 0 unspecified atom stereocenters. The number of nitrogens with zero attached hydrogens (tertiary/aromatic N) is 1. The minimum atomic E-state index is -0.439. The van der Waals surface area contributed by atoms with Crippen molar-refractivity contribution in [1.29, 1.82) is 0 Å². The van der Waals surface area contributed by atoms with Gasteiger partial charge in [-0.15, -0.1) is 0 Å². The summed E-state index contributed by atoms with van der Waals surface area (Å²) in [5, 5.41) is 3.19. The monoisotopic (exact) mass is 235 g/mol. The van der Waals surface area contributed by atoms with Crippen LogP contribution in [0.2, 0.25) is 0 Å². The third-order valence-corrected chi connectivity index (χ3v) is 3.18. The summed E-state index contributed by atoms with van der Waals surface area (Å²) in [6.07, 6.45) is 3.99. The number of carbonyl (C=O) groups is 1. The highest BCUT2D eigenvalue weighted by molar-refractivity contribution is 5.97. The van der Waals surface area contributed by atoms with Gasteiger partial charge in [-0.1, -0.05) is 6.92 Å². The van der Waals surface area contributed by atoms with Crippen molar-refractivity contribution in [3.8, 4) is 0 Å². The van der Waals surface area contributed by atoms with E-state index in [9.17, 15) is 4.79 Å². The van der Waals surface area contributed by atoms with Gasteiger partial charge in [0.15, 0.2) is 0 Å². The number of nitrogens with two attached hydrogens (primary N) is 1. The van der Waals surface area contributed by atoms with E-state index in [0.29, 0.717) is 22.5 Å². The molecule has 2 rings (SSSR count). The van der Waals surface area contributed by atoms with Gasteiger partial charge in [-0.2, -0.15) is 0 Å². The highest BCUT2D eigenvalue weighted by Gasteiger charge is 2.37. The lowest BCUT2D eigenvalue weighted by atomic mass is 10.1. The van der Waals surface area contributed by atoms with E-state index in [2.05, 4.69) is 22.0 Å². The molecule has 1 aromatic heterocycles. The molecule has 1 aromatic rings. The second-order valence-corrected chi connectivity index (χ2v) is 4.78. The minimum absolute atomic E-state index is 0.351. The van der Waals surface area contributed by atoms with Gasteiger partial charge in [-0.05, 0) is 24.3 Å². The number of aromatic nitrogens is 1. The molecule has 1 aliphatic carbocycles. The number of pyridine rings is 1. The van der Waals surface area contributed by atoms with Crippen molar-refractivity contribution < 1.29 is 9.53 Å². The van der Waals surface area contributed by atoms with Crippen LogP contribution in [-0.4, -0.2) is 24.6 Å². The number of anilines is 2. The van der Waals surface area contributed by atoms with E-state index in [4.69, 9.17) is 5.73 Å². The number of ether oxygens (including phenoxy) is 1. The smallest absolute Gasteiger partial charge is 0.340 e. The summed E-state index contributed by atoms with van der Waals surface area (Å²) in [4.78, 5) is 15.6. The van der Waals surface area contributed by atoms with E-state index < -0.39 is 5.97 Å². The number of methoxy groups -OCH3 is 1. The number of hydrogen-bond acceptors (Lipinski definition) is 5. The van der Waals surface area contributed by atoms with Gasteiger partial charge in [0.05, 0.1) is 18.4 Å². The average Bonchev–Trinajstić information content (AvgIpc) is 3.05. The molecular formula is C12H17N3O2. The highest BCUT2D eigenvalue weighted by Crippen LogP contribution is 2.44. The van der Waals surface area contributed by atoms with Crippen LogP contribution < -0.4 is 11.1 Å². The Hall–Kier alpha value is -1.78. The Kier molecular flexibility index (Phi) is 2.92. The molecule has 0 aromatic carbocycles. The van der Waals surface area contributed by atoms with E-state index in [-0.39, 0.29) is 0 Å². The molecule has 5 heteroatoms. The topological polar surface area (TPSA) is 77.2 Å².